The lowest BCUT2D eigenvalue weighted by Crippen LogP contribution is -2.29. The van der Waals surface area contributed by atoms with Crippen LogP contribution >= 0.6 is 23.1 Å². The second kappa shape index (κ2) is 8.43. The van der Waals surface area contributed by atoms with E-state index in [1.54, 1.807) is 35.4 Å². The number of carbonyl (C=O) groups excluding carboxylic acids is 1. The van der Waals surface area contributed by atoms with Gasteiger partial charge < -0.3 is 10.1 Å². The number of nitrogens with one attached hydrogen (secondary N) is 1. The number of hydrogen-bond donors (Lipinski definition) is 1. The number of fused-ring (bicyclic) bond motifs is 1. The number of para-hydroxylation sites is 1. The zero-order valence-electron chi connectivity index (χ0n) is 14.3. The summed E-state index contributed by atoms with van der Waals surface area (Å²) < 4.78 is 6.78. The van der Waals surface area contributed by atoms with Gasteiger partial charge in [-0.3, -0.25) is 14.2 Å². The summed E-state index contributed by atoms with van der Waals surface area (Å²) in [5, 5.41) is 6.10. The van der Waals surface area contributed by atoms with E-state index in [0.717, 1.165) is 0 Å². The fraction of sp³-hybridized carbons (Fsp3) is 0.294. The Morgan fingerprint density at radius 2 is 2.23 bits per heavy atom. The van der Waals surface area contributed by atoms with Crippen LogP contribution in [0, 0.1) is 0 Å². The van der Waals surface area contributed by atoms with E-state index >= 15 is 0 Å². The molecule has 0 saturated heterocycles. The topological polar surface area (TPSA) is 86.1 Å². The molecule has 1 aromatic carbocycles. The monoisotopic (exact) mass is 390 g/mol. The van der Waals surface area contributed by atoms with Gasteiger partial charge in [-0.25, -0.2) is 9.97 Å². The molecule has 0 aliphatic heterocycles. The number of thiazole rings is 1. The van der Waals surface area contributed by atoms with Crippen molar-refractivity contribution < 1.29 is 9.53 Å². The number of hydrogen-bond acceptors (Lipinski definition) is 7. The molecular formula is C17H18N4O3S2. The molecule has 1 amide bonds. The second-order valence-corrected chi connectivity index (χ2v) is 7.40. The number of ether oxygens (including phenoxy) is 1. The SMILES string of the molecule is COC[C@@H](C)n1c(SCC(=O)Nc2nccs2)nc2ccccc2c1=O. The third kappa shape index (κ3) is 4.12. The molecule has 0 aliphatic rings. The third-order valence-corrected chi connectivity index (χ3v) is 5.28. The molecule has 7 nitrogen and oxygen atoms in total. The Morgan fingerprint density at radius 1 is 1.42 bits per heavy atom. The molecule has 0 unspecified atom stereocenters. The first-order valence-electron chi connectivity index (χ1n) is 7.92. The van der Waals surface area contributed by atoms with Gasteiger partial charge in [-0.2, -0.15) is 0 Å². The van der Waals surface area contributed by atoms with Crippen LogP contribution in [-0.2, 0) is 9.53 Å². The number of thioether (sulfide) groups is 1. The van der Waals surface area contributed by atoms with Gasteiger partial charge in [-0.15, -0.1) is 11.3 Å². The molecule has 1 N–H and O–H groups in total. The van der Waals surface area contributed by atoms with E-state index in [4.69, 9.17) is 4.74 Å². The minimum atomic E-state index is -0.200. The molecule has 0 aliphatic carbocycles. The molecule has 0 saturated carbocycles. The van der Waals surface area contributed by atoms with Crippen LogP contribution < -0.4 is 10.9 Å². The van der Waals surface area contributed by atoms with Crippen molar-refractivity contribution in [1.29, 1.82) is 0 Å². The number of amides is 1. The van der Waals surface area contributed by atoms with Gasteiger partial charge in [-0.05, 0) is 19.1 Å². The van der Waals surface area contributed by atoms with Crippen molar-refractivity contribution in [1.82, 2.24) is 14.5 Å². The Morgan fingerprint density at radius 3 is 2.96 bits per heavy atom. The van der Waals surface area contributed by atoms with Gasteiger partial charge in [0.2, 0.25) is 5.91 Å². The van der Waals surface area contributed by atoms with E-state index in [1.165, 1.54) is 23.1 Å². The number of aromatic nitrogens is 3. The summed E-state index contributed by atoms with van der Waals surface area (Å²) in [6, 6.07) is 6.99. The van der Waals surface area contributed by atoms with Gasteiger partial charge in [0.05, 0.1) is 29.3 Å². The highest BCUT2D eigenvalue weighted by atomic mass is 32.2. The van der Waals surface area contributed by atoms with Crippen molar-refractivity contribution in [3.63, 3.8) is 0 Å². The number of anilines is 1. The number of nitrogens with zero attached hydrogens (tertiary/aromatic N) is 3. The van der Waals surface area contributed by atoms with Crippen LogP contribution in [0.5, 0.6) is 0 Å². The van der Waals surface area contributed by atoms with Crippen LogP contribution in [0.25, 0.3) is 10.9 Å². The molecule has 1 atom stereocenters. The van der Waals surface area contributed by atoms with Crippen molar-refractivity contribution >= 4 is 45.0 Å². The summed E-state index contributed by atoms with van der Waals surface area (Å²) in [5.41, 5.74) is 0.476. The minimum absolute atomic E-state index is 0.129. The van der Waals surface area contributed by atoms with Crippen LogP contribution in [0.4, 0.5) is 5.13 Å². The van der Waals surface area contributed by atoms with Crippen molar-refractivity contribution in [2.24, 2.45) is 0 Å². The number of methoxy groups -OCH3 is 1. The lowest BCUT2D eigenvalue weighted by molar-refractivity contribution is -0.113. The van der Waals surface area contributed by atoms with Crippen molar-refractivity contribution in [3.8, 4) is 0 Å². The minimum Gasteiger partial charge on any atom is -0.383 e. The van der Waals surface area contributed by atoms with Crippen molar-refractivity contribution in [2.75, 3.05) is 24.8 Å². The largest absolute Gasteiger partial charge is 0.383 e. The zero-order chi connectivity index (χ0) is 18.5. The zero-order valence-corrected chi connectivity index (χ0v) is 16.0. The highest BCUT2D eigenvalue weighted by Gasteiger charge is 2.17. The van der Waals surface area contributed by atoms with Crippen LogP contribution in [0.2, 0.25) is 0 Å². The molecule has 2 heterocycles. The van der Waals surface area contributed by atoms with E-state index in [2.05, 4.69) is 15.3 Å². The van der Waals surface area contributed by atoms with Crippen LogP contribution in [-0.4, -0.2) is 39.9 Å². The summed E-state index contributed by atoms with van der Waals surface area (Å²) >= 11 is 2.57. The first kappa shape index (κ1) is 18.6. The fourth-order valence-electron chi connectivity index (χ4n) is 2.50. The average molecular weight is 390 g/mol. The molecule has 0 radical (unpaired) electrons. The lowest BCUT2D eigenvalue weighted by Gasteiger charge is -2.18. The van der Waals surface area contributed by atoms with Gasteiger partial charge in [0.25, 0.3) is 5.56 Å². The number of rotatable bonds is 7. The summed E-state index contributed by atoms with van der Waals surface area (Å²) in [7, 11) is 1.59. The van der Waals surface area contributed by atoms with E-state index in [-0.39, 0.29) is 23.3 Å². The predicted molar refractivity (Wildman–Crippen MR) is 104 cm³/mol. The van der Waals surface area contributed by atoms with Gasteiger partial charge >= 0.3 is 0 Å². The van der Waals surface area contributed by atoms with Gasteiger partial charge in [0.15, 0.2) is 10.3 Å². The maximum Gasteiger partial charge on any atom is 0.262 e. The Balaban J connectivity index is 1.89. The molecular weight excluding hydrogens is 372 g/mol. The molecule has 9 heteroatoms. The molecule has 3 rings (SSSR count). The molecule has 136 valence electrons. The van der Waals surface area contributed by atoms with Gasteiger partial charge in [0, 0.05) is 18.7 Å². The first-order chi connectivity index (χ1) is 12.6. The summed E-state index contributed by atoms with van der Waals surface area (Å²) in [4.78, 5) is 33.7. The molecule has 0 fully saturated rings. The maximum atomic E-state index is 12.9. The van der Waals surface area contributed by atoms with Crippen molar-refractivity contribution in [2.45, 2.75) is 18.1 Å². The van der Waals surface area contributed by atoms with E-state index in [1.807, 2.05) is 19.1 Å². The summed E-state index contributed by atoms with van der Waals surface area (Å²) in [5.74, 6) is -0.0670. The van der Waals surface area contributed by atoms with E-state index in [0.29, 0.717) is 27.8 Å². The Kier molecular flexibility index (Phi) is 6.02. The smallest absolute Gasteiger partial charge is 0.262 e. The first-order valence-corrected chi connectivity index (χ1v) is 9.79. The molecule has 26 heavy (non-hydrogen) atoms. The normalized spacial score (nSPS) is 12.2. The summed E-state index contributed by atoms with van der Waals surface area (Å²) in [6.45, 7) is 2.26. The molecule has 3 aromatic rings. The standard InChI is InChI=1S/C17H18N4O3S2/c1-11(9-24-2)21-15(23)12-5-3-4-6-13(12)19-17(21)26-10-14(22)20-16-18-7-8-25-16/h3-8,11H,9-10H2,1-2H3,(H,18,20,22)/t11-/m1/s1. The second-order valence-electron chi connectivity index (χ2n) is 5.57. The van der Waals surface area contributed by atoms with Crippen LogP contribution in [0.1, 0.15) is 13.0 Å². The Bertz CT molecular complexity index is 956. The molecule has 0 bridgehead atoms. The third-order valence-electron chi connectivity index (χ3n) is 3.64. The summed E-state index contributed by atoms with van der Waals surface area (Å²) in [6.07, 6.45) is 1.63. The van der Waals surface area contributed by atoms with Crippen LogP contribution in [0.15, 0.2) is 45.8 Å². The lowest BCUT2D eigenvalue weighted by atomic mass is 10.2. The molecule has 0 spiro atoms. The fourth-order valence-corrected chi connectivity index (χ4v) is 3.94. The molecule has 2 aromatic heterocycles. The average Bonchev–Trinajstić information content (AvgIpc) is 3.13. The Hall–Kier alpha value is -2.23. The number of carbonyl (C=O) groups is 1. The van der Waals surface area contributed by atoms with E-state index < -0.39 is 0 Å². The van der Waals surface area contributed by atoms with Gasteiger partial charge in [0.1, 0.15) is 0 Å². The van der Waals surface area contributed by atoms with Crippen molar-refractivity contribution in [3.05, 3.63) is 46.2 Å². The maximum absolute atomic E-state index is 12.9. The number of benzene rings is 1. The van der Waals surface area contributed by atoms with E-state index in [9.17, 15) is 9.59 Å². The van der Waals surface area contributed by atoms with Crippen LogP contribution in [0.3, 0.4) is 0 Å². The van der Waals surface area contributed by atoms with Gasteiger partial charge in [-0.1, -0.05) is 23.9 Å². The Labute approximate surface area is 158 Å². The highest BCUT2D eigenvalue weighted by molar-refractivity contribution is 7.99. The highest BCUT2D eigenvalue weighted by Crippen LogP contribution is 2.21. The predicted octanol–water partition coefficient (Wildman–Crippen LogP) is 2.79. The quantitative estimate of drug-likeness (QED) is 0.493.